The number of Topliss-reactive ketones (excluding diaryl/α,β-unsaturated/α-hetero) is 1. The summed E-state index contributed by atoms with van der Waals surface area (Å²) in [6.45, 7) is 3.73. The predicted octanol–water partition coefficient (Wildman–Crippen LogP) is 3.79. The van der Waals surface area contributed by atoms with Crippen LogP contribution in [-0.4, -0.2) is 29.7 Å². The summed E-state index contributed by atoms with van der Waals surface area (Å²) in [4.78, 5) is 24.7. The van der Waals surface area contributed by atoms with Crippen LogP contribution in [0, 0.1) is 13.8 Å². The number of fused-ring (bicyclic) bond motifs is 1. The summed E-state index contributed by atoms with van der Waals surface area (Å²) >= 11 is 0. The lowest BCUT2D eigenvalue weighted by Crippen LogP contribution is -2.16. The average molecular weight is 391 g/mol. The summed E-state index contributed by atoms with van der Waals surface area (Å²) in [7, 11) is 0. The van der Waals surface area contributed by atoms with Crippen LogP contribution in [0.3, 0.4) is 0 Å². The molecule has 0 atom stereocenters. The van der Waals surface area contributed by atoms with Crippen molar-refractivity contribution in [1.82, 2.24) is 4.57 Å². The number of rotatable bonds is 6. The third kappa shape index (κ3) is 3.87. The Hall–Kier alpha value is -3.54. The number of ether oxygens (including phenoxy) is 3. The molecule has 29 heavy (non-hydrogen) atoms. The Balaban J connectivity index is 1.47. The lowest BCUT2D eigenvalue weighted by molar-refractivity contribution is -0.141. The van der Waals surface area contributed by atoms with Gasteiger partial charge in [0.05, 0.1) is 6.42 Å². The van der Waals surface area contributed by atoms with Crippen LogP contribution in [0.4, 0.5) is 0 Å². The van der Waals surface area contributed by atoms with Crippen molar-refractivity contribution in [3.05, 3.63) is 77.1 Å². The summed E-state index contributed by atoms with van der Waals surface area (Å²) in [6.07, 6.45) is 0.143. The Morgan fingerprint density at radius 1 is 1.00 bits per heavy atom. The number of aromatic nitrogens is 1. The number of nitrogens with zero attached hydrogens (tertiary/aromatic N) is 1. The van der Waals surface area contributed by atoms with Gasteiger partial charge >= 0.3 is 5.97 Å². The van der Waals surface area contributed by atoms with E-state index in [0.717, 1.165) is 22.6 Å². The molecule has 0 N–H and O–H groups in total. The normalized spacial score (nSPS) is 12.1. The van der Waals surface area contributed by atoms with Gasteiger partial charge in [0.2, 0.25) is 12.6 Å². The number of esters is 1. The van der Waals surface area contributed by atoms with Crippen LogP contribution in [0.5, 0.6) is 11.5 Å². The van der Waals surface area contributed by atoms with E-state index in [9.17, 15) is 9.59 Å². The predicted molar refractivity (Wildman–Crippen MR) is 107 cm³/mol. The highest BCUT2D eigenvalue weighted by Gasteiger charge is 2.20. The zero-order chi connectivity index (χ0) is 20.4. The van der Waals surface area contributed by atoms with E-state index in [1.54, 1.807) is 0 Å². The maximum absolute atomic E-state index is 12.7. The van der Waals surface area contributed by atoms with Crippen LogP contribution in [-0.2, 0) is 16.0 Å². The van der Waals surface area contributed by atoms with Gasteiger partial charge in [-0.15, -0.1) is 0 Å². The Morgan fingerprint density at radius 3 is 2.55 bits per heavy atom. The van der Waals surface area contributed by atoms with Crippen LogP contribution in [0.25, 0.3) is 5.69 Å². The van der Waals surface area contributed by atoms with E-state index in [0.29, 0.717) is 17.1 Å². The van der Waals surface area contributed by atoms with Gasteiger partial charge < -0.3 is 18.8 Å². The molecule has 2 heterocycles. The van der Waals surface area contributed by atoms with E-state index in [2.05, 4.69) is 0 Å². The highest BCUT2D eigenvalue weighted by atomic mass is 16.7. The Morgan fingerprint density at radius 2 is 1.76 bits per heavy atom. The summed E-state index contributed by atoms with van der Waals surface area (Å²) in [6, 6.07) is 16.8. The number of carbonyl (C=O) groups is 2. The summed E-state index contributed by atoms with van der Waals surface area (Å²) in [5, 5.41) is 0. The fraction of sp³-hybridized carbons (Fsp3) is 0.217. The van der Waals surface area contributed by atoms with Crippen LogP contribution >= 0.6 is 0 Å². The second kappa shape index (κ2) is 7.83. The number of carbonyl (C=O) groups excluding carboxylic acids is 2. The molecule has 148 valence electrons. The fourth-order valence-corrected chi connectivity index (χ4v) is 3.50. The molecule has 0 unspecified atom stereocenters. The molecule has 1 aliphatic rings. The van der Waals surface area contributed by atoms with Crippen molar-refractivity contribution in [2.24, 2.45) is 0 Å². The zero-order valence-electron chi connectivity index (χ0n) is 16.3. The first kappa shape index (κ1) is 18.8. The van der Waals surface area contributed by atoms with Gasteiger partial charge in [-0.25, -0.2) is 0 Å². The first-order chi connectivity index (χ1) is 14.0. The molecule has 1 aliphatic heterocycles. The van der Waals surface area contributed by atoms with Gasteiger partial charge in [-0.1, -0.05) is 30.3 Å². The highest BCUT2D eigenvalue weighted by molar-refractivity contribution is 5.99. The molecule has 4 rings (SSSR count). The molecule has 0 saturated heterocycles. The molecule has 3 aromatic rings. The van der Waals surface area contributed by atoms with E-state index >= 15 is 0 Å². The minimum absolute atomic E-state index is 0.143. The largest absolute Gasteiger partial charge is 0.457 e. The van der Waals surface area contributed by atoms with Crippen molar-refractivity contribution < 1.29 is 23.8 Å². The van der Waals surface area contributed by atoms with Crippen molar-refractivity contribution in [3.8, 4) is 17.2 Å². The molecular formula is C23H21NO5. The van der Waals surface area contributed by atoms with Crippen molar-refractivity contribution in [3.63, 3.8) is 0 Å². The third-order valence-electron chi connectivity index (χ3n) is 4.90. The third-order valence-corrected chi connectivity index (χ3v) is 4.90. The first-order valence-corrected chi connectivity index (χ1v) is 9.34. The zero-order valence-corrected chi connectivity index (χ0v) is 16.3. The van der Waals surface area contributed by atoms with Crippen LogP contribution < -0.4 is 9.47 Å². The molecule has 1 aromatic heterocycles. The molecular weight excluding hydrogens is 370 g/mol. The molecule has 0 fully saturated rings. The minimum Gasteiger partial charge on any atom is -0.457 e. The molecule has 0 amide bonds. The first-order valence-electron chi connectivity index (χ1n) is 9.34. The number of benzene rings is 2. The number of aryl methyl sites for hydroxylation is 1. The van der Waals surface area contributed by atoms with E-state index < -0.39 is 5.97 Å². The van der Waals surface area contributed by atoms with Crippen LogP contribution in [0.15, 0.2) is 54.6 Å². The van der Waals surface area contributed by atoms with Gasteiger partial charge in [-0.05, 0) is 37.6 Å². The maximum atomic E-state index is 12.7. The van der Waals surface area contributed by atoms with Gasteiger partial charge in [0.25, 0.3) is 0 Å². The molecule has 0 spiro atoms. The van der Waals surface area contributed by atoms with Crippen molar-refractivity contribution in [2.75, 3.05) is 13.4 Å². The Bertz CT molecular complexity index is 1070. The second-order valence-corrected chi connectivity index (χ2v) is 6.90. The fourth-order valence-electron chi connectivity index (χ4n) is 3.50. The topological polar surface area (TPSA) is 66.8 Å². The molecule has 0 bridgehead atoms. The van der Waals surface area contributed by atoms with Gasteiger partial charge in [-0.2, -0.15) is 0 Å². The monoisotopic (exact) mass is 391 g/mol. The van der Waals surface area contributed by atoms with E-state index in [-0.39, 0.29) is 25.6 Å². The molecule has 0 saturated carbocycles. The lowest BCUT2D eigenvalue weighted by Gasteiger charge is -2.11. The van der Waals surface area contributed by atoms with Crippen molar-refractivity contribution in [2.45, 2.75) is 20.3 Å². The average Bonchev–Trinajstić information content (AvgIpc) is 3.30. The van der Waals surface area contributed by atoms with Crippen molar-refractivity contribution >= 4 is 11.8 Å². The van der Waals surface area contributed by atoms with E-state index in [1.165, 1.54) is 0 Å². The van der Waals surface area contributed by atoms with Gasteiger partial charge in [0.1, 0.15) is 0 Å². The molecule has 2 aromatic carbocycles. The number of ketones is 1. The second-order valence-electron chi connectivity index (χ2n) is 6.90. The molecule has 6 heteroatoms. The van der Waals surface area contributed by atoms with E-state index in [1.807, 2.05) is 73.0 Å². The van der Waals surface area contributed by atoms with Crippen LogP contribution in [0.1, 0.15) is 27.3 Å². The maximum Gasteiger partial charge on any atom is 0.310 e. The van der Waals surface area contributed by atoms with Crippen LogP contribution in [0.2, 0.25) is 0 Å². The molecule has 6 nitrogen and oxygen atoms in total. The summed E-state index contributed by atoms with van der Waals surface area (Å²) < 4.78 is 18.0. The summed E-state index contributed by atoms with van der Waals surface area (Å²) in [5.41, 5.74) is 3.95. The quantitative estimate of drug-likeness (QED) is 0.472. The lowest BCUT2D eigenvalue weighted by atomic mass is 10.1. The number of hydrogen-bond donors (Lipinski definition) is 0. The Kier molecular flexibility index (Phi) is 5.08. The Labute approximate surface area is 168 Å². The molecule has 0 aliphatic carbocycles. The van der Waals surface area contributed by atoms with Crippen molar-refractivity contribution in [1.29, 1.82) is 0 Å². The summed E-state index contributed by atoms with van der Waals surface area (Å²) in [5.74, 6) is 0.733. The minimum atomic E-state index is -0.422. The number of hydrogen-bond acceptors (Lipinski definition) is 5. The SMILES string of the molecule is Cc1cc(C(=O)COC(=O)Cc2ccccc2)c(C)n1-c1ccc2c(c1)OCO2. The van der Waals surface area contributed by atoms with Gasteiger partial charge in [0, 0.05) is 28.7 Å². The van der Waals surface area contributed by atoms with Gasteiger partial charge in [-0.3, -0.25) is 9.59 Å². The standard InChI is InChI=1S/C23H21NO5/c1-15-10-19(20(25)13-27-23(26)11-17-6-4-3-5-7-17)16(2)24(15)18-8-9-21-22(12-18)29-14-28-21/h3-10,12H,11,13-14H2,1-2H3. The smallest absolute Gasteiger partial charge is 0.310 e. The van der Waals surface area contributed by atoms with E-state index in [4.69, 9.17) is 14.2 Å². The van der Waals surface area contributed by atoms with Gasteiger partial charge in [0.15, 0.2) is 18.1 Å². The highest BCUT2D eigenvalue weighted by Crippen LogP contribution is 2.34. The molecule has 0 radical (unpaired) electrons.